The van der Waals surface area contributed by atoms with Gasteiger partial charge < -0.3 is 24.0 Å². The Bertz CT molecular complexity index is 910. The Morgan fingerprint density at radius 1 is 0.900 bits per heavy atom. The Morgan fingerprint density at radius 3 is 2.13 bits per heavy atom. The van der Waals surface area contributed by atoms with Crippen LogP contribution in [0.2, 0.25) is 0 Å². The predicted molar refractivity (Wildman–Crippen MR) is 106 cm³/mol. The number of anilines is 1. The number of amides is 1. The summed E-state index contributed by atoms with van der Waals surface area (Å²) in [5, 5.41) is 0. The van der Waals surface area contributed by atoms with Gasteiger partial charge in [-0.3, -0.25) is 4.79 Å². The summed E-state index contributed by atoms with van der Waals surface area (Å²) in [5.41, 5.74) is 0.136. The molecule has 0 spiro atoms. The first kappa shape index (κ1) is 21.6. The number of alkyl halides is 3. The van der Waals surface area contributed by atoms with E-state index in [1.54, 1.807) is 23.1 Å². The summed E-state index contributed by atoms with van der Waals surface area (Å²) in [4.78, 5) is 16.5. The van der Waals surface area contributed by atoms with Crippen molar-refractivity contribution in [1.29, 1.82) is 0 Å². The molecule has 1 amide bonds. The van der Waals surface area contributed by atoms with E-state index in [0.717, 1.165) is 12.1 Å². The van der Waals surface area contributed by atoms with Gasteiger partial charge in [-0.15, -0.1) is 0 Å². The molecule has 0 N–H and O–H groups in total. The molecule has 9 heteroatoms. The molecule has 6 nitrogen and oxygen atoms in total. The fourth-order valence-electron chi connectivity index (χ4n) is 3.49. The van der Waals surface area contributed by atoms with Crippen LogP contribution >= 0.6 is 0 Å². The molecule has 162 valence electrons. The van der Waals surface area contributed by atoms with E-state index in [4.69, 9.17) is 14.2 Å². The molecular weight excluding hydrogens is 401 g/mol. The molecule has 0 saturated carbocycles. The molecule has 1 heterocycles. The van der Waals surface area contributed by atoms with Gasteiger partial charge in [0.2, 0.25) is 5.75 Å². The number of halogens is 3. The fourth-order valence-corrected chi connectivity index (χ4v) is 3.49. The van der Waals surface area contributed by atoms with Crippen LogP contribution in [0, 0.1) is 0 Å². The van der Waals surface area contributed by atoms with Gasteiger partial charge in [-0.2, -0.15) is 13.2 Å². The van der Waals surface area contributed by atoms with Crippen LogP contribution in [0.5, 0.6) is 17.2 Å². The molecule has 1 saturated heterocycles. The van der Waals surface area contributed by atoms with E-state index in [9.17, 15) is 18.0 Å². The molecule has 1 aliphatic rings. The van der Waals surface area contributed by atoms with Crippen LogP contribution in [-0.2, 0) is 6.18 Å². The van der Waals surface area contributed by atoms with Gasteiger partial charge in [-0.1, -0.05) is 6.07 Å². The molecule has 0 bridgehead atoms. The number of benzene rings is 2. The topological polar surface area (TPSA) is 51.2 Å². The summed E-state index contributed by atoms with van der Waals surface area (Å²) in [7, 11) is 4.40. The first-order valence-electron chi connectivity index (χ1n) is 9.30. The average molecular weight is 424 g/mol. The molecule has 0 aromatic heterocycles. The van der Waals surface area contributed by atoms with Crippen molar-refractivity contribution in [2.24, 2.45) is 0 Å². The maximum absolute atomic E-state index is 13.1. The molecule has 2 aromatic rings. The molecule has 1 fully saturated rings. The van der Waals surface area contributed by atoms with Crippen molar-refractivity contribution in [3.05, 3.63) is 47.5 Å². The second-order valence-electron chi connectivity index (χ2n) is 6.71. The lowest BCUT2D eigenvalue weighted by Gasteiger charge is -2.36. The van der Waals surface area contributed by atoms with Crippen molar-refractivity contribution in [2.45, 2.75) is 6.18 Å². The third-order valence-corrected chi connectivity index (χ3v) is 5.04. The Balaban J connectivity index is 1.75. The summed E-state index contributed by atoms with van der Waals surface area (Å²) in [5.74, 6) is 0.812. The Morgan fingerprint density at radius 2 is 1.57 bits per heavy atom. The molecule has 0 unspecified atom stereocenters. The zero-order chi connectivity index (χ0) is 21.9. The summed E-state index contributed by atoms with van der Waals surface area (Å²) in [6.07, 6.45) is -4.39. The monoisotopic (exact) mass is 424 g/mol. The zero-order valence-corrected chi connectivity index (χ0v) is 17.0. The van der Waals surface area contributed by atoms with Crippen molar-refractivity contribution in [3.8, 4) is 17.2 Å². The van der Waals surface area contributed by atoms with E-state index in [-0.39, 0.29) is 11.7 Å². The highest BCUT2D eigenvalue weighted by Gasteiger charge is 2.32. The van der Waals surface area contributed by atoms with E-state index < -0.39 is 11.7 Å². The number of carbonyl (C=O) groups excluding carboxylic acids is 1. The summed E-state index contributed by atoms with van der Waals surface area (Å²) in [6, 6.07) is 8.46. The largest absolute Gasteiger partial charge is 0.493 e. The number of methoxy groups -OCH3 is 3. The van der Waals surface area contributed by atoms with Gasteiger partial charge in [0, 0.05) is 31.9 Å². The van der Waals surface area contributed by atoms with Crippen LogP contribution in [0.3, 0.4) is 0 Å². The predicted octanol–water partition coefficient (Wildman–Crippen LogP) is 3.69. The van der Waals surface area contributed by atoms with E-state index in [1.807, 2.05) is 4.90 Å². The average Bonchev–Trinajstić information content (AvgIpc) is 2.77. The number of carbonyl (C=O) groups is 1. The zero-order valence-electron chi connectivity index (χ0n) is 17.0. The van der Waals surface area contributed by atoms with Gasteiger partial charge >= 0.3 is 6.18 Å². The maximum Gasteiger partial charge on any atom is 0.416 e. The molecule has 30 heavy (non-hydrogen) atoms. The third-order valence-electron chi connectivity index (χ3n) is 5.04. The van der Waals surface area contributed by atoms with Crippen LogP contribution in [0.4, 0.5) is 18.9 Å². The van der Waals surface area contributed by atoms with Gasteiger partial charge in [0.25, 0.3) is 5.91 Å². The molecule has 2 aromatic carbocycles. The van der Waals surface area contributed by atoms with Crippen molar-refractivity contribution in [1.82, 2.24) is 4.90 Å². The lowest BCUT2D eigenvalue weighted by Crippen LogP contribution is -2.48. The lowest BCUT2D eigenvalue weighted by molar-refractivity contribution is -0.137. The van der Waals surface area contributed by atoms with Crippen molar-refractivity contribution in [3.63, 3.8) is 0 Å². The van der Waals surface area contributed by atoms with Crippen LogP contribution in [0.15, 0.2) is 36.4 Å². The molecule has 0 radical (unpaired) electrons. The first-order valence-corrected chi connectivity index (χ1v) is 9.30. The third kappa shape index (κ3) is 4.24. The standard InChI is InChI=1S/C21H23F3N2O4/c1-28-17-8-7-16(18(29-2)19(17)30-3)20(27)26-11-9-25(10-12-26)15-6-4-5-14(13-15)21(22,23)24/h4-8,13H,9-12H2,1-3H3. The SMILES string of the molecule is COc1ccc(C(=O)N2CCN(c3cccc(C(F)(F)F)c3)CC2)c(OC)c1OC. The summed E-state index contributed by atoms with van der Waals surface area (Å²) in [6.45, 7) is 1.57. The fraction of sp³-hybridized carbons (Fsp3) is 0.381. The van der Waals surface area contributed by atoms with E-state index in [1.165, 1.54) is 27.4 Å². The van der Waals surface area contributed by atoms with Crippen LogP contribution in [0.25, 0.3) is 0 Å². The molecule has 0 atom stereocenters. The summed E-state index contributed by atoms with van der Waals surface area (Å²) >= 11 is 0. The number of ether oxygens (including phenoxy) is 3. The summed E-state index contributed by atoms with van der Waals surface area (Å²) < 4.78 is 54.9. The number of piperazine rings is 1. The van der Waals surface area contributed by atoms with Gasteiger partial charge in [-0.25, -0.2) is 0 Å². The highest BCUT2D eigenvalue weighted by atomic mass is 19.4. The van der Waals surface area contributed by atoms with Gasteiger partial charge in [-0.05, 0) is 30.3 Å². The number of nitrogens with zero attached hydrogens (tertiary/aromatic N) is 2. The van der Waals surface area contributed by atoms with Gasteiger partial charge in [0.1, 0.15) is 0 Å². The van der Waals surface area contributed by atoms with Crippen LogP contribution in [0.1, 0.15) is 15.9 Å². The van der Waals surface area contributed by atoms with Crippen molar-refractivity contribution < 1.29 is 32.2 Å². The van der Waals surface area contributed by atoms with Gasteiger partial charge in [0.15, 0.2) is 11.5 Å². The Labute approximate surface area is 172 Å². The minimum Gasteiger partial charge on any atom is -0.493 e. The molecule has 0 aliphatic carbocycles. The van der Waals surface area contributed by atoms with Gasteiger partial charge in [0.05, 0.1) is 32.5 Å². The molecule has 3 rings (SSSR count). The van der Waals surface area contributed by atoms with Crippen molar-refractivity contribution >= 4 is 11.6 Å². The minimum absolute atomic E-state index is 0.239. The minimum atomic E-state index is -4.39. The lowest BCUT2D eigenvalue weighted by atomic mass is 10.1. The van der Waals surface area contributed by atoms with Crippen LogP contribution < -0.4 is 19.1 Å². The highest BCUT2D eigenvalue weighted by molar-refractivity contribution is 5.98. The Kier molecular flexibility index (Phi) is 6.28. The van der Waals surface area contributed by atoms with Crippen molar-refractivity contribution in [2.75, 3.05) is 52.4 Å². The number of hydrogen-bond acceptors (Lipinski definition) is 5. The first-order chi connectivity index (χ1) is 14.3. The van der Waals surface area contributed by atoms with E-state index in [2.05, 4.69) is 0 Å². The Hall–Kier alpha value is -3.10. The molecule has 1 aliphatic heterocycles. The smallest absolute Gasteiger partial charge is 0.416 e. The second kappa shape index (κ2) is 8.73. The number of hydrogen-bond donors (Lipinski definition) is 0. The number of rotatable bonds is 5. The second-order valence-corrected chi connectivity index (χ2v) is 6.71. The highest BCUT2D eigenvalue weighted by Crippen LogP contribution is 2.40. The molecular formula is C21H23F3N2O4. The van der Waals surface area contributed by atoms with E-state index >= 15 is 0 Å². The quantitative estimate of drug-likeness (QED) is 0.733. The normalized spacial score (nSPS) is 14.5. The maximum atomic E-state index is 13.1. The van der Waals surface area contributed by atoms with E-state index in [0.29, 0.717) is 48.9 Å². The van der Waals surface area contributed by atoms with Crippen LogP contribution in [-0.4, -0.2) is 58.3 Å².